The lowest BCUT2D eigenvalue weighted by Crippen LogP contribution is -2.48. The summed E-state index contributed by atoms with van der Waals surface area (Å²) in [6.45, 7) is 1.91. The molecule has 1 atom stereocenters. The van der Waals surface area contributed by atoms with E-state index in [2.05, 4.69) is 22.8 Å². The highest BCUT2D eigenvalue weighted by molar-refractivity contribution is 8.03. The van der Waals surface area contributed by atoms with Crippen LogP contribution in [0, 0.1) is 40.9 Å². The molecule has 144 valence electrons. The minimum atomic E-state index is -0.854. The number of thioether (sulfide) groups is 1. The molecule has 1 aliphatic carbocycles. The molecule has 2 amide bonds. The first-order valence-corrected chi connectivity index (χ1v) is 10.3. The smallest absolute Gasteiger partial charge is 0.243 e. The number of nitrogens with one attached hydrogen (secondary N) is 2. The third kappa shape index (κ3) is 3.76. The standard InChI is InChI=1S/C21H22N4O2S/c1-14-7-3-4-8-17(14)24-18(26)13-28-20-16(12-23)21(9-5-2-6-10-21)15(11-22)19(27)25-20/h3-4,7-8,15H,2,5-6,9-10,13H2,1H3,(H,24,26)(H,25,27). The van der Waals surface area contributed by atoms with Gasteiger partial charge >= 0.3 is 0 Å². The maximum atomic E-state index is 12.6. The number of rotatable bonds is 4. The maximum Gasteiger partial charge on any atom is 0.243 e. The number of carbonyl (C=O) groups excluding carboxylic acids is 2. The molecule has 2 N–H and O–H groups in total. The van der Waals surface area contributed by atoms with E-state index in [0.29, 0.717) is 23.4 Å². The topological polar surface area (TPSA) is 106 Å². The van der Waals surface area contributed by atoms with Crippen LogP contribution < -0.4 is 10.6 Å². The number of anilines is 1. The van der Waals surface area contributed by atoms with Crippen LogP contribution in [-0.2, 0) is 9.59 Å². The molecule has 1 aromatic carbocycles. The normalized spacial score (nSPS) is 20.8. The van der Waals surface area contributed by atoms with Crippen LogP contribution in [0.5, 0.6) is 0 Å². The van der Waals surface area contributed by atoms with E-state index in [4.69, 9.17) is 0 Å². The van der Waals surface area contributed by atoms with Crippen LogP contribution in [0.25, 0.3) is 0 Å². The highest BCUT2D eigenvalue weighted by Crippen LogP contribution is 2.51. The molecule has 0 aromatic heterocycles. The second-order valence-electron chi connectivity index (χ2n) is 7.24. The average Bonchev–Trinajstić information content (AvgIpc) is 2.69. The van der Waals surface area contributed by atoms with Gasteiger partial charge in [0.05, 0.1) is 28.5 Å². The molecule has 7 heteroatoms. The van der Waals surface area contributed by atoms with Crippen LogP contribution in [-0.4, -0.2) is 17.6 Å². The molecule has 3 rings (SSSR count). The summed E-state index contributed by atoms with van der Waals surface area (Å²) in [5.41, 5.74) is 1.43. The van der Waals surface area contributed by atoms with Crippen molar-refractivity contribution in [3.8, 4) is 12.1 Å². The Morgan fingerprint density at radius 1 is 1.29 bits per heavy atom. The monoisotopic (exact) mass is 394 g/mol. The summed E-state index contributed by atoms with van der Waals surface area (Å²) in [4.78, 5) is 24.9. The Morgan fingerprint density at radius 3 is 2.64 bits per heavy atom. The van der Waals surface area contributed by atoms with E-state index in [0.717, 1.165) is 42.3 Å². The first kappa shape index (κ1) is 20.0. The zero-order valence-corrected chi connectivity index (χ0v) is 16.6. The molecule has 1 heterocycles. The van der Waals surface area contributed by atoms with E-state index in [1.807, 2.05) is 31.2 Å². The van der Waals surface area contributed by atoms with Gasteiger partial charge in [-0.15, -0.1) is 0 Å². The lowest BCUT2D eigenvalue weighted by atomic mass is 9.61. The van der Waals surface area contributed by atoms with Gasteiger partial charge in [-0.05, 0) is 31.4 Å². The lowest BCUT2D eigenvalue weighted by Gasteiger charge is -2.43. The van der Waals surface area contributed by atoms with E-state index in [1.54, 1.807) is 0 Å². The molecule has 1 aromatic rings. The fourth-order valence-electron chi connectivity index (χ4n) is 4.08. The van der Waals surface area contributed by atoms with E-state index >= 15 is 0 Å². The van der Waals surface area contributed by atoms with Gasteiger partial charge in [0.1, 0.15) is 5.92 Å². The molecule has 1 aliphatic heterocycles. The van der Waals surface area contributed by atoms with Crippen molar-refractivity contribution < 1.29 is 9.59 Å². The number of para-hydroxylation sites is 1. The third-order valence-corrected chi connectivity index (χ3v) is 6.53. The second-order valence-corrected chi connectivity index (χ2v) is 8.22. The van der Waals surface area contributed by atoms with Gasteiger partial charge in [-0.1, -0.05) is 49.2 Å². The fourth-order valence-corrected chi connectivity index (χ4v) is 4.99. The van der Waals surface area contributed by atoms with E-state index < -0.39 is 11.3 Å². The molecule has 1 fully saturated rings. The molecule has 2 aliphatic rings. The maximum absolute atomic E-state index is 12.6. The molecule has 1 unspecified atom stereocenters. The van der Waals surface area contributed by atoms with Crippen LogP contribution in [0.2, 0.25) is 0 Å². The molecule has 0 bridgehead atoms. The second kappa shape index (κ2) is 8.50. The van der Waals surface area contributed by atoms with Gasteiger partial charge in [-0.25, -0.2) is 0 Å². The van der Waals surface area contributed by atoms with Crippen molar-refractivity contribution in [1.29, 1.82) is 10.5 Å². The van der Waals surface area contributed by atoms with E-state index in [1.165, 1.54) is 0 Å². The molecule has 1 saturated carbocycles. The van der Waals surface area contributed by atoms with Crippen LogP contribution >= 0.6 is 11.8 Å². The number of hydrogen-bond acceptors (Lipinski definition) is 5. The average molecular weight is 395 g/mol. The summed E-state index contributed by atoms with van der Waals surface area (Å²) in [7, 11) is 0. The van der Waals surface area contributed by atoms with Crippen molar-refractivity contribution in [3.63, 3.8) is 0 Å². The zero-order valence-electron chi connectivity index (χ0n) is 15.7. The molecule has 28 heavy (non-hydrogen) atoms. The first-order valence-electron chi connectivity index (χ1n) is 9.35. The van der Waals surface area contributed by atoms with Gasteiger partial charge in [-0.2, -0.15) is 10.5 Å². The Bertz CT molecular complexity index is 904. The minimum Gasteiger partial charge on any atom is -0.325 e. The predicted octanol–water partition coefficient (Wildman–Crippen LogP) is 3.62. The van der Waals surface area contributed by atoms with Crippen LogP contribution in [0.1, 0.15) is 37.7 Å². The number of carbonyl (C=O) groups is 2. The molecule has 0 radical (unpaired) electrons. The quantitative estimate of drug-likeness (QED) is 0.811. The highest BCUT2D eigenvalue weighted by atomic mass is 32.2. The zero-order chi connectivity index (χ0) is 20.1. The van der Waals surface area contributed by atoms with Crippen molar-refractivity contribution in [3.05, 3.63) is 40.4 Å². The fraction of sp³-hybridized carbons (Fsp3) is 0.429. The van der Waals surface area contributed by atoms with Crippen molar-refractivity contribution in [2.45, 2.75) is 39.0 Å². The summed E-state index contributed by atoms with van der Waals surface area (Å²) >= 11 is 1.15. The van der Waals surface area contributed by atoms with Crippen LogP contribution in [0.4, 0.5) is 5.69 Å². The summed E-state index contributed by atoms with van der Waals surface area (Å²) in [5.74, 6) is -1.36. The lowest BCUT2D eigenvalue weighted by molar-refractivity contribution is -0.126. The first-order chi connectivity index (χ1) is 13.5. The number of nitriles is 2. The van der Waals surface area contributed by atoms with Crippen molar-refractivity contribution in [2.75, 3.05) is 11.1 Å². The molecular formula is C21H22N4O2S. The summed E-state index contributed by atoms with van der Waals surface area (Å²) < 4.78 is 0. The molecule has 6 nitrogen and oxygen atoms in total. The molecular weight excluding hydrogens is 372 g/mol. The Kier molecular flexibility index (Phi) is 6.06. The van der Waals surface area contributed by atoms with Gasteiger partial charge in [-0.3, -0.25) is 9.59 Å². The Labute approximate surface area is 169 Å². The largest absolute Gasteiger partial charge is 0.325 e. The van der Waals surface area contributed by atoms with Gasteiger partial charge in [0.15, 0.2) is 0 Å². The van der Waals surface area contributed by atoms with Gasteiger partial charge in [0.25, 0.3) is 0 Å². The van der Waals surface area contributed by atoms with Crippen molar-refractivity contribution in [2.24, 2.45) is 11.3 Å². The summed E-state index contributed by atoms with van der Waals surface area (Å²) in [6, 6.07) is 11.8. The van der Waals surface area contributed by atoms with E-state index in [9.17, 15) is 20.1 Å². The summed E-state index contributed by atoms with van der Waals surface area (Å²) in [5, 5.41) is 25.4. The van der Waals surface area contributed by atoms with Crippen molar-refractivity contribution in [1.82, 2.24) is 5.32 Å². The Morgan fingerprint density at radius 2 is 2.00 bits per heavy atom. The number of nitrogens with zero attached hydrogens (tertiary/aromatic N) is 2. The predicted molar refractivity (Wildman–Crippen MR) is 108 cm³/mol. The van der Waals surface area contributed by atoms with Crippen LogP contribution in [0.15, 0.2) is 34.9 Å². The van der Waals surface area contributed by atoms with Gasteiger partial charge in [0.2, 0.25) is 11.8 Å². The Hall–Kier alpha value is -2.77. The van der Waals surface area contributed by atoms with Crippen molar-refractivity contribution >= 4 is 29.3 Å². The number of benzene rings is 1. The number of allylic oxidation sites excluding steroid dienone is 1. The molecule has 0 saturated heterocycles. The summed E-state index contributed by atoms with van der Waals surface area (Å²) in [6.07, 6.45) is 4.13. The third-order valence-electron chi connectivity index (χ3n) is 5.53. The SMILES string of the molecule is Cc1ccccc1NC(=O)CSC1=C(C#N)C2(CCCCC2)C(C#N)C(=O)N1. The highest BCUT2D eigenvalue weighted by Gasteiger charge is 2.51. The minimum absolute atomic E-state index is 0.0719. The molecule has 1 spiro atoms. The number of hydrogen-bond donors (Lipinski definition) is 2. The number of aryl methyl sites for hydroxylation is 1. The Balaban J connectivity index is 1.80. The van der Waals surface area contributed by atoms with Crippen LogP contribution in [0.3, 0.4) is 0 Å². The van der Waals surface area contributed by atoms with Gasteiger partial charge < -0.3 is 10.6 Å². The number of amides is 2. The van der Waals surface area contributed by atoms with Gasteiger partial charge in [0, 0.05) is 11.1 Å². The van der Waals surface area contributed by atoms with E-state index in [-0.39, 0.29) is 17.6 Å².